The molecule has 3 unspecified atom stereocenters. The van der Waals surface area contributed by atoms with Crippen LogP contribution in [0.1, 0.15) is 55.8 Å². The minimum Gasteiger partial charge on any atom is -0.326 e. The summed E-state index contributed by atoms with van der Waals surface area (Å²) in [4.78, 5) is 40.0. The van der Waals surface area contributed by atoms with Gasteiger partial charge in [0.25, 0.3) is 5.91 Å². The summed E-state index contributed by atoms with van der Waals surface area (Å²) >= 11 is 0. The number of anilines is 2. The van der Waals surface area contributed by atoms with Crippen molar-refractivity contribution in [3.05, 3.63) is 60.2 Å². The average Bonchev–Trinajstić information content (AvgIpc) is 3.20. The first-order chi connectivity index (χ1) is 15.1. The summed E-state index contributed by atoms with van der Waals surface area (Å²) in [7, 11) is 0. The lowest BCUT2D eigenvalue weighted by atomic mass is 9.84. The van der Waals surface area contributed by atoms with Gasteiger partial charge in [0.2, 0.25) is 11.8 Å². The number of rotatable bonds is 5. The van der Waals surface area contributed by atoms with Crippen LogP contribution in [0, 0.1) is 5.92 Å². The third-order valence-corrected chi connectivity index (χ3v) is 6.40. The number of carbonyl (C=O) groups excluding carboxylic acids is 3. The van der Waals surface area contributed by atoms with Gasteiger partial charge in [0.1, 0.15) is 6.04 Å². The maximum absolute atomic E-state index is 13.4. The molecule has 1 saturated heterocycles. The van der Waals surface area contributed by atoms with Gasteiger partial charge in [0, 0.05) is 29.4 Å². The monoisotopic (exact) mass is 419 g/mol. The summed E-state index contributed by atoms with van der Waals surface area (Å²) in [6, 6.07) is 16.0. The number of amides is 3. The quantitative estimate of drug-likeness (QED) is 0.752. The number of nitrogens with one attached hydrogen (secondary N) is 2. The molecule has 1 aliphatic carbocycles. The molecule has 0 spiro atoms. The van der Waals surface area contributed by atoms with E-state index in [1.54, 1.807) is 31.2 Å². The molecule has 31 heavy (non-hydrogen) atoms. The lowest BCUT2D eigenvalue weighted by Crippen LogP contribution is -2.47. The molecule has 2 fully saturated rings. The second kappa shape index (κ2) is 9.33. The summed E-state index contributed by atoms with van der Waals surface area (Å²) in [5.41, 5.74) is 1.97. The minimum absolute atomic E-state index is 0.0552. The van der Waals surface area contributed by atoms with Crippen molar-refractivity contribution in [3.63, 3.8) is 0 Å². The Morgan fingerprint density at radius 2 is 1.55 bits per heavy atom. The molecule has 1 saturated carbocycles. The van der Waals surface area contributed by atoms with Gasteiger partial charge in [-0.1, -0.05) is 38.0 Å². The highest BCUT2D eigenvalue weighted by atomic mass is 16.2. The first-order valence-electron chi connectivity index (χ1n) is 11.2. The summed E-state index contributed by atoms with van der Waals surface area (Å²) in [6.45, 7) is 1.80. The summed E-state index contributed by atoms with van der Waals surface area (Å²) in [6.07, 6.45) is 5.40. The molecule has 3 amide bonds. The standard InChI is InChI=1S/C25H29N3O3/c1-2-23(29)26-19-12-14-20(15-13-19)27-24(30)22-16-18-10-6-7-11-21(18)28(22)25(31)17-8-4-3-5-9-17/h3-5,8-9,12-15,18,21-22H,2,6-7,10-11,16H2,1H3,(H,26,29)(H,27,30). The van der Waals surface area contributed by atoms with Gasteiger partial charge in [-0.2, -0.15) is 0 Å². The number of hydrogen-bond acceptors (Lipinski definition) is 3. The first kappa shape index (κ1) is 21.1. The van der Waals surface area contributed by atoms with Crippen molar-refractivity contribution in [2.75, 3.05) is 10.6 Å². The number of nitrogens with zero attached hydrogens (tertiary/aromatic N) is 1. The van der Waals surface area contributed by atoms with E-state index in [1.165, 1.54) is 0 Å². The molecule has 4 rings (SSSR count). The Balaban J connectivity index is 1.51. The molecule has 6 nitrogen and oxygen atoms in total. The van der Waals surface area contributed by atoms with Crippen LogP contribution in [0.15, 0.2) is 54.6 Å². The highest BCUT2D eigenvalue weighted by Gasteiger charge is 2.47. The van der Waals surface area contributed by atoms with E-state index in [4.69, 9.17) is 0 Å². The molecule has 0 radical (unpaired) electrons. The van der Waals surface area contributed by atoms with Crippen LogP contribution in [0.25, 0.3) is 0 Å². The highest BCUT2D eigenvalue weighted by Crippen LogP contribution is 2.40. The molecule has 3 atom stereocenters. The fraction of sp³-hybridized carbons (Fsp3) is 0.400. The Morgan fingerprint density at radius 3 is 2.23 bits per heavy atom. The smallest absolute Gasteiger partial charge is 0.254 e. The molecule has 162 valence electrons. The van der Waals surface area contributed by atoms with Gasteiger partial charge in [0.15, 0.2) is 0 Å². The zero-order valence-corrected chi connectivity index (χ0v) is 17.8. The van der Waals surface area contributed by atoms with E-state index in [0.29, 0.717) is 35.7 Å². The van der Waals surface area contributed by atoms with E-state index in [0.717, 1.165) is 25.7 Å². The van der Waals surface area contributed by atoms with E-state index in [1.807, 2.05) is 35.2 Å². The van der Waals surface area contributed by atoms with Crippen LogP contribution in [-0.2, 0) is 9.59 Å². The van der Waals surface area contributed by atoms with Crippen LogP contribution in [0.2, 0.25) is 0 Å². The van der Waals surface area contributed by atoms with Gasteiger partial charge in [-0.25, -0.2) is 0 Å². The van der Waals surface area contributed by atoms with Gasteiger partial charge in [-0.05, 0) is 61.6 Å². The molecule has 1 aliphatic heterocycles. The third kappa shape index (κ3) is 4.63. The molecular formula is C25H29N3O3. The van der Waals surface area contributed by atoms with Crippen molar-refractivity contribution in [1.82, 2.24) is 4.90 Å². The third-order valence-electron chi connectivity index (χ3n) is 6.40. The number of fused-ring (bicyclic) bond motifs is 1. The van der Waals surface area contributed by atoms with Gasteiger partial charge in [-0.3, -0.25) is 14.4 Å². The molecule has 2 aromatic carbocycles. The van der Waals surface area contributed by atoms with E-state index in [-0.39, 0.29) is 23.8 Å². The van der Waals surface area contributed by atoms with Crippen molar-refractivity contribution in [2.24, 2.45) is 5.92 Å². The Labute approximate surface area is 183 Å². The van der Waals surface area contributed by atoms with E-state index in [9.17, 15) is 14.4 Å². The zero-order valence-electron chi connectivity index (χ0n) is 17.8. The minimum atomic E-state index is -0.472. The van der Waals surface area contributed by atoms with Gasteiger partial charge in [-0.15, -0.1) is 0 Å². The number of likely N-dealkylation sites (tertiary alicyclic amines) is 1. The van der Waals surface area contributed by atoms with Gasteiger partial charge >= 0.3 is 0 Å². The second-order valence-electron chi connectivity index (χ2n) is 8.41. The van der Waals surface area contributed by atoms with Crippen LogP contribution in [0.5, 0.6) is 0 Å². The highest BCUT2D eigenvalue weighted by molar-refractivity contribution is 6.02. The predicted octanol–water partition coefficient (Wildman–Crippen LogP) is 4.45. The second-order valence-corrected chi connectivity index (χ2v) is 8.41. The Bertz CT molecular complexity index is 942. The number of carbonyl (C=O) groups is 3. The lowest BCUT2D eigenvalue weighted by molar-refractivity contribution is -0.120. The number of benzene rings is 2. The van der Waals surface area contributed by atoms with Crippen LogP contribution in [-0.4, -0.2) is 34.7 Å². The number of hydrogen-bond donors (Lipinski definition) is 2. The molecule has 0 aromatic heterocycles. The van der Waals surface area contributed by atoms with Crippen molar-refractivity contribution >= 4 is 29.1 Å². The molecule has 6 heteroatoms. The molecule has 0 bridgehead atoms. The summed E-state index contributed by atoms with van der Waals surface area (Å²) < 4.78 is 0. The molecule has 2 aliphatic rings. The van der Waals surface area contributed by atoms with Crippen LogP contribution >= 0.6 is 0 Å². The molecular weight excluding hydrogens is 390 g/mol. The largest absolute Gasteiger partial charge is 0.326 e. The van der Waals surface area contributed by atoms with Gasteiger partial charge in [0.05, 0.1) is 0 Å². The van der Waals surface area contributed by atoms with Crippen molar-refractivity contribution in [2.45, 2.75) is 57.5 Å². The Morgan fingerprint density at radius 1 is 0.903 bits per heavy atom. The van der Waals surface area contributed by atoms with Crippen LogP contribution in [0.3, 0.4) is 0 Å². The van der Waals surface area contributed by atoms with E-state index < -0.39 is 6.04 Å². The zero-order chi connectivity index (χ0) is 21.8. The van der Waals surface area contributed by atoms with Crippen molar-refractivity contribution in [3.8, 4) is 0 Å². The first-order valence-corrected chi connectivity index (χ1v) is 11.2. The maximum Gasteiger partial charge on any atom is 0.254 e. The van der Waals surface area contributed by atoms with E-state index in [2.05, 4.69) is 10.6 Å². The van der Waals surface area contributed by atoms with Crippen molar-refractivity contribution < 1.29 is 14.4 Å². The normalized spacial score (nSPS) is 22.5. The lowest BCUT2D eigenvalue weighted by Gasteiger charge is -2.33. The van der Waals surface area contributed by atoms with Crippen LogP contribution in [0.4, 0.5) is 11.4 Å². The van der Waals surface area contributed by atoms with Crippen LogP contribution < -0.4 is 10.6 Å². The SMILES string of the molecule is CCC(=O)Nc1ccc(NC(=O)C2CC3CCCCC3N2C(=O)c2ccccc2)cc1. The summed E-state index contributed by atoms with van der Waals surface area (Å²) in [5.74, 6) is 0.112. The average molecular weight is 420 g/mol. The predicted molar refractivity (Wildman–Crippen MR) is 121 cm³/mol. The fourth-order valence-corrected chi connectivity index (χ4v) is 4.83. The molecule has 1 heterocycles. The Kier molecular flexibility index (Phi) is 6.35. The van der Waals surface area contributed by atoms with Gasteiger partial charge < -0.3 is 15.5 Å². The van der Waals surface area contributed by atoms with Crippen molar-refractivity contribution in [1.29, 1.82) is 0 Å². The Hall–Kier alpha value is -3.15. The molecule has 2 N–H and O–H groups in total. The van der Waals surface area contributed by atoms with E-state index >= 15 is 0 Å². The topological polar surface area (TPSA) is 78.5 Å². The fourth-order valence-electron chi connectivity index (χ4n) is 4.83. The maximum atomic E-state index is 13.4. The summed E-state index contributed by atoms with van der Waals surface area (Å²) in [5, 5.41) is 5.78. The molecule has 2 aromatic rings.